The third-order valence-electron chi connectivity index (χ3n) is 4.52. The van der Waals surface area contributed by atoms with Crippen LogP contribution in [0.15, 0.2) is 24.3 Å². The number of rotatable bonds is 3. The van der Waals surface area contributed by atoms with Crippen LogP contribution in [0.25, 0.3) is 0 Å². The van der Waals surface area contributed by atoms with E-state index in [1.54, 1.807) is 23.6 Å². The van der Waals surface area contributed by atoms with Crippen LogP contribution < -0.4 is 5.73 Å². The lowest BCUT2D eigenvalue weighted by molar-refractivity contribution is -0.138. The van der Waals surface area contributed by atoms with E-state index in [1.165, 1.54) is 12.1 Å². The van der Waals surface area contributed by atoms with E-state index in [4.69, 9.17) is 5.73 Å². The largest absolute Gasteiger partial charge is 0.416 e. The first-order chi connectivity index (χ1) is 11.6. The van der Waals surface area contributed by atoms with E-state index in [-0.39, 0.29) is 29.3 Å². The molecule has 1 aromatic carbocycles. The Morgan fingerprint density at radius 2 is 1.48 bits per heavy atom. The Balaban J connectivity index is 1.96. The topological polar surface area (TPSA) is 66.6 Å². The molecule has 0 radical (unpaired) electrons. The number of piperazine rings is 1. The molecule has 1 aliphatic rings. The molecule has 138 valence electrons. The molecule has 2 unspecified atom stereocenters. The SMILES string of the molecule is CC(N)C(C)C(=O)N1CCN(C(=O)c2ccc(C(F)(F)F)cc2)CC1. The minimum atomic E-state index is -4.43. The molecule has 25 heavy (non-hydrogen) atoms. The van der Waals surface area contributed by atoms with Gasteiger partial charge in [-0.3, -0.25) is 9.59 Å². The van der Waals surface area contributed by atoms with Crippen LogP contribution in [0.5, 0.6) is 0 Å². The van der Waals surface area contributed by atoms with Crippen molar-refractivity contribution in [2.75, 3.05) is 26.2 Å². The zero-order valence-electron chi connectivity index (χ0n) is 14.2. The van der Waals surface area contributed by atoms with Gasteiger partial charge in [0.2, 0.25) is 5.91 Å². The van der Waals surface area contributed by atoms with Gasteiger partial charge in [-0.1, -0.05) is 6.92 Å². The van der Waals surface area contributed by atoms with Crippen LogP contribution in [0.4, 0.5) is 13.2 Å². The molecule has 2 amide bonds. The Bertz CT molecular complexity index is 621. The number of nitrogens with two attached hydrogens (primary N) is 1. The molecule has 2 atom stereocenters. The number of carbonyl (C=O) groups excluding carboxylic acids is 2. The first-order valence-electron chi connectivity index (χ1n) is 8.12. The molecule has 1 aromatic rings. The number of hydrogen-bond acceptors (Lipinski definition) is 3. The van der Waals surface area contributed by atoms with Crippen LogP contribution in [0.2, 0.25) is 0 Å². The van der Waals surface area contributed by atoms with Crippen LogP contribution in [-0.4, -0.2) is 53.8 Å². The first kappa shape index (κ1) is 19.2. The highest BCUT2D eigenvalue weighted by molar-refractivity contribution is 5.94. The molecular weight excluding hydrogens is 335 g/mol. The van der Waals surface area contributed by atoms with Gasteiger partial charge >= 0.3 is 6.18 Å². The van der Waals surface area contributed by atoms with Crippen molar-refractivity contribution >= 4 is 11.8 Å². The minimum Gasteiger partial charge on any atom is -0.339 e. The normalized spacial score (nSPS) is 18.0. The van der Waals surface area contributed by atoms with Gasteiger partial charge in [-0.25, -0.2) is 0 Å². The molecule has 1 saturated heterocycles. The van der Waals surface area contributed by atoms with Gasteiger partial charge in [0.25, 0.3) is 5.91 Å². The van der Waals surface area contributed by atoms with E-state index in [0.29, 0.717) is 26.2 Å². The molecular formula is C17H22F3N3O2. The Labute approximate surface area is 144 Å². The average molecular weight is 357 g/mol. The van der Waals surface area contributed by atoms with Gasteiger partial charge in [0, 0.05) is 37.8 Å². The van der Waals surface area contributed by atoms with Crippen molar-refractivity contribution in [3.8, 4) is 0 Å². The highest BCUT2D eigenvalue weighted by atomic mass is 19.4. The van der Waals surface area contributed by atoms with Crippen LogP contribution in [0, 0.1) is 5.92 Å². The fourth-order valence-electron chi connectivity index (χ4n) is 2.63. The zero-order valence-corrected chi connectivity index (χ0v) is 14.2. The number of nitrogens with zero attached hydrogens (tertiary/aromatic N) is 2. The van der Waals surface area contributed by atoms with Crippen LogP contribution in [0.3, 0.4) is 0 Å². The fourth-order valence-corrected chi connectivity index (χ4v) is 2.63. The molecule has 2 N–H and O–H groups in total. The summed E-state index contributed by atoms with van der Waals surface area (Å²) in [5, 5.41) is 0. The van der Waals surface area contributed by atoms with Gasteiger partial charge in [0.05, 0.1) is 11.5 Å². The predicted molar refractivity (Wildman–Crippen MR) is 86.7 cm³/mol. The lowest BCUT2D eigenvalue weighted by atomic mass is 10.0. The molecule has 8 heteroatoms. The molecule has 0 aromatic heterocycles. The van der Waals surface area contributed by atoms with Gasteiger partial charge in [-0.15, -0.1) is 0 Å². The van der Waals surface area contributed by atoms with Gasteiger partial charge in [0.1, 0.15) is 0 Å². The third kappa shape index (κ3) is 4.50. The molecule has 1 heterocycles. The number of hydrogen-bond donors (Lipinski definition) is 1. The second-order valence-corrected chi connectivity index (χ2v) is 6.34. The van der Waals surface area contributed by atoms with E-state index in [0.717, 1.165) is 12.1 Å². The van der Waals surface area contributed by atoms with Gasteiger partial charge in [0.15, 0.2) is 0 Å². The summed E-state index contributed by atoms with van der Waals surface area (Å²) in [6, 6.07) is 3.91. The van der Waals surface area contributed by atoms with E-state index in [1.807, 2.05) is 0 Å². The second-order valence-electron chi connectivity index (χ2n) is 6.34. The standard InChI is InChI=1S/C17H22F3N3O2/c1-11(12(2)21)15(24)22-7-9-23(10-8-22)16(25)13-3-5-14(6-4-13)17(18,19)20/h3-6,11-12H,7-10,21H2,1-2H3. The molecule has 0 bridgehead atoms. The van der Waals surface area contributed by atoms with Crippen molar-refractivity contribution in [2.45, 2.75) is 26.1 Å². The highest BCUT2D eigenvalue weighted by Crippen LogP contribution is 2.29. The summed E-state index contributed by atoms with van der Waals surface area (Å²) in [7, 11) is 0. The summed E-state index contributed by atoms with van der Waals surface area (Å²) in [4.78, 5) is 27.9. The molecule has 5 nitrogen and oxygen atoms in total. The predicted octanol–water partition coefficient (Wildman–Crippen LogP) is 1.97. The molecule has 1 fully saturated rings. The Hall–Kier alpha value is -2.09. The number of amides is 2. The van der Waals surface area contributed by atoms with Crippen molar-refractivity contribution in [1.82, 2.24) is 9.80 Å². The first-order valence-corrected chi connectivity index (χ1v) is 8.12. The average Bonchev–Trinajstić information content (AvgIpc) is 2.59. The monoisotopic (exact) mass is 357 g/mol. The lowest BCUT2D eigenvalue weighted by Gasteiger charge is -2.36. The molecule has 1 aliphatic heterocycles. The van der Waals surface area contributed by atoms with Crippen molar-refractivity contribution < 1.29 is 22.8 Å². The fraction of sp³-hybridized carbons (Fsp3) is 0.529. The molecule has 2 rings (SSSR count). The zero-order chi connectivity index (χ0) is 18.8. The maximum Gasteiger partial charge on any atom is 0.416 e. The van der Waals surface area contributed by atoms with Crippen LogP contribution >= 0.6 is 0 Å². The summed E-state index contributed by atoms with van der Waals surface area (Å²) in [6.07, 6.45) is -4.43. The molecule has 0 spiro atoms. The van der Waals surface area contributed by atoms with E-state index >= 15 is 0 Å². The number of halogens is 3. The highest BCUT2D eigenvalue weighted by Gasteiger charge is 2.31. The Morgan fingerprint density at radius 1 is 1.00 bits per heavy atom. The minimum absolute atomic E-state index is 0.0448. The summed E-state index contributed by atoms with van der Waals surface area (Å²) in [5.41, 5.74) is 5.16. The van der Waals surface area contributed by atoms with E-state index in [2.05, 4.69) is 0 Å². The Morgan fingerprint density at radius 3 is 1.92 bits per heavy atom. The summed E-state index contributed by atoms with van der Waals surface area (Å²) >= 11 is 0. The van der Waals surface area contributed by atoms with Gasteiger partial charge < -0.3 is 15.5 Å². The van der Waals surface area contributed by atoms with Crippen molar-refractivity contribution in [2.24, 2.45) is 11.7 Å². The number of carbonyl (C=O) groups is 2. The molecule has 0 aliphatic carbocycles. The lowest BCUT2D eigenvalue weighted by Crippen LogP contribution is -2.53. The Kier molecular flexibility index (Phi) is 5.72. The van der Waals surface area contributed by atoms with Crippen LogP contribution in [-0.2, 0) is 11.0 Å². The number of benzene rings is 1. The van der Waals surface area contributed by atoms with Gasteiger partial charge in [-0.2, -0.15) is 13.2 Å². The van der Waals surface area contributed by atoms with E-state index in [9.17, 15) is 22.8 Å². The van der Waals surface area contributed by atoms with Crippen molar-refractivity contribution in [3.05, 3.63) is 35.4 Å². The summed E-state index contributed by atoms with van der Waals surface area (Å²) < 4.78 is 37.7. The van der Waals surface area contributed by atoms with E-state index < -0.39 is 11.7 Å². The second kappa shape index (κ2) is 7.43. The third-order valence-corrected chi connectivity index (χ3v) is 4.52. The molecule has 0 saturated carbocycles. The summed E-state index contributed by atoms with van der Waals surface area (Å²) in [6.45, 7) is 5.01. The van der Waals surface area contributed by atoms with Crippen molar-refractivity contribution in [1.29, 1.82) is 0 Å². The van der Waals surface area contributed by atoms with Crippen LogP contribution in [0.1, 0.15) is 29.8 Å². The maximum absolute atomic E-state index is 12.6. The van der Waals surface area contributed by atoms with Crippen molar-refractivity contribution in [3.63, 3.8) is 0 Å². The summed E-state index contributed by atoms with van der Waals surface area (Å²) in [5.74, 6) is -0.671. The van der Waals surface area contributed by atoms with Gasteiger partial charge in [-0.05, 0) is 31.2 Å². The smallest absolute Gasteiger partial charge is 0.339 e. The number of alkyl halides is 3. The quantitative estimate of drug-likeness (QED) is 0.899. The maximum atomic E-state index is 12.6.